The van der Waals surface area contributed by atoms with Gasteiger partial charge in [0.1, 0.15) is 17.5 Å². The fraction of sp³-hybridized carbons (Fsp3) is 0.208. The predicted molar refractivity (Wildman–Crippen MR) is 124 cm³/mol. The average molecular weight is 448 g/mol. The molecular weight excluding hydrogens is 426 g/mol. The van der Waals surface area contributed by atoms with Crippen molar-refractivity contribution in [3.8, 4) is 16.9 Å². The van der Waals surface area contributed by atoms with Gasteiger partial charge in [-0.15, -0.1) is 0 Å². The van der Waals surface area contributed by atoms with Gasteiger partial charge in [-0.2, -0.15) is 5.10 Å². The summed E-state index contributed by atoms with van der Waals surface area (Å²) in [5.74, 6) is 0.512. The van der Waals surface area contributed by atoms with Gasteiger partial charge in [-0.25, -0.2) is 9.50 Å². The smallest absolute Gasteiger partial charge is 0.274 e. The Morgan fingerprint density at radius 2 is 1.94 bits per heavy atom. The Morgan fingerprint density at radius 1 is 1.12 bits per heavy atom. The summed E-state index contributed by atoms with van der Waals surface area (Å²) < 4.78 is 7.66. The number of rotatable bonds is 5. The monoisotopic (exact) mass is 447 g/mol. The highest BCUT2D eigenvalue weighted by atomic mass is 35.5. The van der Waals surface area contributed by atoms with Gasteiger partial charge in [-0.05, 0) is 74.0 Å². The number of hydrogen-bond donors (Lipinski definition) is 2. The second-order valence-corrected chi connectivity index (χ2v) is 8.13. The first-order valence-corrected chi connectivity index (χ1v) is 10.9. The lowest BCUT2D eigenvalue weighted by Crippen LogP contribution is -2.34. The maximum atomic E-state index is 12.8. The second-order valence-electron chi connectivity index (χ2n) is 7.70. The molecule has 0 spiro atoms. The molecule has 0 bridgehead atoms. The molecule has 2 N–H and O–H groups in total. The Kier molecular flexibility index (Phi) is 5.75. The van der Waals surface area contributed by atoms with E-state index in [1.54, 1.807) is 23.0 Å². The zero-order chi connectivity index (χ0) is 21.9. The minimum Gasteiger partial charge on any atom is -0.490 e. The van der Waals surface area contributed by atoms with Crippen LogP contribution in [0.1, 0.15) is 23.3 Å². The first-order valence-electron chi connectivity index (χ1n) is 10.5. The molecule has 1 amide bonds. The third kappa shape index (κ3) is 4.44. The van der Waals surface area contributed by atoms with Gasteiger partial charge in [0.15, 0.2) is 5.65 Å². The molecule has 0 unspecified atom stereocenters. The van der Waals surface area contributed by atoms with Gasteiger partial charge >= 0.3 is 0 Å². The van der Waals surface area contributed by atoms with Gasteiger partial charge in [0.2, 0.25) is 0 Å². The van der Waals surface area contributed by atoms with Crippen LogP contribution in [0.25, 0.3) is 16.8 Å². The number of fused-ring (bicyclic) bond motifs is 1. The molecule has 5 rings (SSSR count). The van der Waals surface area contributed by atoms with Crippen molar-refractivity contribution in [2.45, 2.75) is 18.9 Å². The molecule has 0 aliphatic carbocycles. The molecule has 0 atom stereocenters. The Bertz CT molecular complexity index is 1250. The summed E-state index contributed by atoms with van der Waals surface area (Å²) in [6, 6.07) is 16.5. The summed E-state index contributed by atoms with van der Waals surface area (Å²) in [6.45, 7) is 1.96. The molecule has 3 heterocycles. The molecular formula is C24H22ClN5O2. The van der Waals surface area contributed by atoms with Gasteiger partial charge in [-0.1, -0.05) is 23.7 Å². The van der Waals surface area contributed by atoms with Gasteiger partial charge in [0.05, 0.1) is 6.20 Å². The number of hydrogen-bond acceptors (Lipinski definition) is 5. The van der Waals surface area contributed by atoms with Crippen LogP contribution in [0.15, 0.2) is 67.0 Å². The Morgan fingerprint density at radius 3 is 2.72 bits per heavy atom. The van der Waals surface area contributed by atoms with Crippen molar-refractivity contribution in [2.24, 2.45) is 0 Å². The number of nitrogens with one attached hydrogen (secondary N) is 2. The van der Waals surface area contributed by atoms with Crippen molar-refractivity contribution < 1.29 is 9.53 Å². The molecule has 0 saturated carbocycles. The first-order chi connectivity index (χ1) is 15.7. The van der Waals surface area contributed by atoms with Gasteiger partial charge in [0.25, 0.3) is 5.91 Å². The fourth-order valence-electron chi connectivity index (χ4n) is 3.77. The second kappa shape index (κ2) is 8.98. The molecule has 2 aromatic heterocycles. The van der Waals surface area contributed by atoms with Crippen molar-refractivity contribution in [3.05, 3.63) is 77.7 Å². The normalized spacial score (nSPS) is 14.4. The summed E-state index contributed by atoms with van der Waals surface area (Å²) in [7, 11) is 0. The van der Waals surface area contributed by atoms with Crippen LogP contribution >= 0.6 is 11.6 Å². The number of carbonyl (C=O) groups excluding carboxylic acids is 1. The van der Waals surface area contributed by atoms with Crippen LogP contribution in [-0.2, 0) is 0 Å². The SMILES string of the molecule is O=C(Nc1ccc(OC2CCNCC2)cc1)c1ccn2ncc(-c3cccc(Cl)c3)c2n1. The minimum absolute atomic E-state index is 0.233. The van der Waals surface area contributed by atoms with E-state index in [2.05, 4.69) is 20.7 Å². The van der Waals surface area contributed by atoms with Crippen molar-refractivity contribution in [2.75, 3.05) is 18.4 Å². The van der Waals surface area contributed by atoms with E-state index in [-0.39, 0.29) is 12.0 Å². The molecule has 4 aromatic rings. The molecule has 1 saturated heterocycles. The van der Waals surface area contributed by atoms with Crippen LogP contribution in [0, 0.1) is 0 Å². The molecule has 1 fully saturated rings. The van der Waals surface area contributed by atoms with E-state index in [0.29, 0.717) is 22.1 Å². The van der Waals surface area contributed by atoms with Crippen LogP contribution in [0.3, 0.4) is 0 Å². The summed E-state index contributed by atoms with van der Waals surface area (Å²) in [6.07, 6.45) is 5.67. The topological polar surface area (TPSA) is 80.5 Å². The first kappa shape index (κ1) is 20.5. The highest BCUT2D eigenvalue weighted by molar-refractivity contribution is 6.30. The number of carbonyl (C=O) groups is 1. The zero-order valence-corrected chi connectivity index (χ0v) is 18.0. The van der Waals surface area contributed by atoms with E-state index in [9.17, 15) is 4.79 Å². The molecule has 1 aliphatic rings. The van der Waals surface area contributed by atoms with Crippen LogP contribution in [0.4, 0.5) is 5.69 Å². The maximum Gasteiger partial charge on any atom is 0.274 e. The quantitative estimate of drug-likeness (QED) is 0.473. The predicted octanol–water partition coefficient (Wildman–Crippen LogP) is 4.43. The van der Waals surface area contributed by atoms with Crippen molar-refractivity contribution in [3.63, 3.8) is 0 Å². The maximum absolute atomic E-state index is 12.8. The van der Waals surface area contributed by atoms with E-state index in [4.69, 9.17) is 16.3 Å². The molecule has 2 aromatic carbocycles. The summed E-state index contributed by atoms with van der Waals surface area (Å²) in [5.41, 5.74) is 3.27. The number of anilines is 1. The van der Waals surface area contributed by atoms with Crippen LogP contribution in [-0.4, -0.2) is 39.7 Å². The highest BCUT2D eigenvalue weighted by Crippen LogP contribution is 2.26. The Balaban J connectivity index is 1.32. The largest absolute Gasteiger partial charge is 0.490 e. The molecule has 8 heteroatoms. The van der Waals surface area contributed by atoms with Crippen LogP contribution < -0.4 is 15.4 Å². The molecule has 0 radical (unpaired) electrons. The standard InChI is InChI=1S/C24H22ClN5O2/c25-17-3-1-2-16(14-17)21-15-27-30-13-10-22(29-23(21)30)24(31)28-18-4-6-19(7-5-18)32-20-8-11-26-12-9-20/h1-7,10,13-15,20,26H,8-9,11-12H2,(H,28,31). The van der Waals surface area contributed by atoms with E-state index in [1.165, 1.54) is 0 Å². The third-order valence-electron chi connectivity index (χ3n) is 5.44. The van der Waals surface area contributed by atoms with Gasteiger partial charge < -0.3 is 15.4 Å². The minimum atomic E-state index is -0.294. The number of amides is 1. The van der Waals surface area contributed by atoms with Crippen molar-refractivity contribution in [1.29, 1.82) is 0 Å². The van der Waals surface area contributed by atoms with E-state index >= 15 is 0 Å². The van der Waals surface area contributed by atoms with E-state index in [0.717, 1.165) is 42.8 Å². The van der Waals surface area contributed by atoms with Crippen LogP contribution in [0.5, 0.6) is 5.75 Å². The number of aromatic nitrogens is 3. The summed E-state index contributed by atoms with van der Waals surface area (Å²) in [4.78, 5) is 17.4. The number of nitrogens with zero attached hydrogens (tertiary/aromatic N) is 3. The lowest BCUT2D eigenvalue weighted by atomic mass is 10.1. The average Bonchev–Trinajstić information content (AvgIpc) is 3.24. The lowest BCUT2D eigenvalue weighted by molar-refractivity contribution is 0.102. The molecule has 7 nitrogen and oxygen atoms in total. The Hall–Kier alpha value is -3.42. The van der Waals surface area contributed by atoms with Gasteiger partial charge in [-0.3, -0.25) is 4.79 Å². The zero-order valence-electron chi connectivity index (χ0n) is 17.3. The van der Waals surface area contributed by atoms with E-state index < -0.39 is 0 Å². The molecule has 162 valence electrons. The number of piperidine rings is 1. The fourth-order valence-corrected chi connectivity index (χ4v) is 3.96. The highest BCUT2D eigenvalue weighted by Gasteiger charge is 2.15. The third-order valence-corrected chi connectivity index (χ3v) is 5.67. The van der Waals surface area contributed by atoms with Crippen LogP contribution in [0.2, 0.25) is 5.02 Å². The number of halogens is 1. The van der Waals surface area contributed by atoms with Gasteiger partial charge in [0, 0.05) is 22.5 Å². The van der Waals surface area contributed by atoms with E-state index in [1.807, 2.05) is 48.5 Å². The molecule has 32 heavy (non-hydrogen) atoms. The Labute approximate surface area is 190 Å². The summed E-state index contributed by atoms with van der Waals surface area (Å²) >= 11 is 6.13. The number of benzene rings is 2. The van der Waals surface area contributed by atoms with Crippen molar-refractivity contribution >= 4 is 28.8 Å². The lowest BCUT2D eigenvalue weighted by Gasteiger charge is -2.23. The summed E-state index contributed by atoms with van der Waals surface area (Å²) in [5, 5.41) is 11.2. The molecule has 1 aliphatic heterocycles. The number of ether oxygens (including phenoxy) is 1. The van der Waals surface area contributed by atoms with Crippen molar-refractivity contribution in [1.82, 2.24) is 19.9 Å².